The number of morpholine rings is 1. The summed E-state index contributed by atoms with van der Waals surface area (Å²) in [5, 5.41) is 0. The van der Waals surface area contributed by atoms with Gasteiger partial charge in [-0.3, -0.25) is 9.59 Å². The van der Waals surface area contributed by atoms with Crippen molar-refractivity contribution >= 4 is 11.9 Å². The molecule has 0 amide bonds. The lowest BCUT2D eigenvalue weighted by molar-refractivity contribution is -0.938. The average Bonchev–Trinajstić information content (AvgIpc) is 3.48. The Morgan fingerprint density at radius 3 is 2.07 bits per heavy atom. The van der Waals surface area contributed by atoms with E-state index < -0.39 is 17.9 Å². The molecule has 6 atom stereocenters. The topological polar surface area (TPSA) is 65.1 Å². The highest BCUT2D eigenvalue weighted by atomic mass is 16.6. The number of hydrogen-bond donors (Lipinski definition) is 0. The summed E-state index contributed by atoms with van der Waals surface area (Å²) in [6, 6.07) is 9.89. The van der Waals surface area contributed by atoms with Crippen LogP contribution in [0, 0.1) is 0 Å². The average molecular weight is 415 g/mol. The van der Waals surface area contributed by atoms with Gasteiger partial charge < -0.3 is 18.7 Å². The molecule has 0 radical (unpaired) electrons. The van der Waals surface area contributed by atoms with Gasteiger partial charge in [0.1, 0.15) is 36.5 Å². The van der Waals surface area contributed by atoms with Crippen molar-refractivity contribution in [1.29, 1.82) is 0 Å². The predicted molar refractivity (Wildman–Crippen MR) is 110 cm³/mol. The first-order valence-electron chi connectivity index (χ1n) is 11.4. The summed E-state index contributed by atoms with van der Waals surface area (Å²) >= 11 is 0. The molecule has 162 valence electrons. The van der Waals surface area contributed by atoms with E-state index in [-0.39, 0.29) is 12.2 Å². The SMILES string of the molecule is C[N+]1(C)[C@@H]2CC(OC(=O)[C@@H](C(=O)OC3CCCCC3)c3ccccc3)C[C@H]1[C@@H]1O[C@@H]12. The highest BCUT2D eigenvalue weighted by Crippen LogP contribution is 2.51. The molecule has 3 saturated heterocycles. The third-order valence-electron chi connectivity index (χ3n) is 7.76. The number of carbonyl (C=O) groups excluding carboxylic acids is 2. The Morgan fingerprint density at radius 2 is 1.47 bits per heavy atom. The number of carbonyl (C=O) groups is 2. The first kappa shape index (κ1) is 20.0. The Morgan fingerprint density at radius 1 is 0.900 bits per heavy atom. The number of rotatable bonds is 5. The second-order valence-corrected chi connectivity index (χ2v) is 9.90. The number of quaternary nitrogens is 1. The minimum atomic E-state index is -1.01. The van der Waals surface area contributed by atoms with Gasteiger partial charge in [0.15, 0.2) is 5.92 Å². The van der Waals surface area contributed by atoms with Gasteiger partial charge >= 0.3 is 11.9 Å². The van der Waals surface area contributed by atoms with Gasteiger partial charge in [-0.05, 0) is 31.2 Å². The fourth-order valence-corrected chi connectivity index (χ4v) is 5.96. The van der Waals surface area contributed by atoms with Crippen LogP contribution < -0.4 is 0 Å². The quantitative estimate of drug-likeness (QED) is 0.321. The molecule has 6 nitrogen and oxygen atoms in total. The van der Waals surface area contributed by atoms with Gasteiger partial charge in [-0.2, -0.15) is 0 Å². The third-order valence-corrected chi connectivity index (χ3v) is 7.76. The Balaban J connectivity index is 1.29. The van der Waals surface area contributed by atoms with Crippen LogP contribution >= 0.6 is 0 Å². The highest BCUT2D eigenvalue weighted by molar-refractivity contribution is 6.01. The lowest BCUT2D eigenvalue weighted by atomic mass is 9.95. The first-order valence-corrected chi connectivity index (χ1v) is 11.4. The van der Waals surface area contributed by atoms with E-state index in [1.807, 2.05) is 30.3 Å². The molecule has 3 heterocycles. The number of piperidine rings is 1. The van der Waals surface area contributed by atoms with Gasteiger partial charge in [0, 0.05) is 12.8 Å². The lowest BCUT2D eigenvalue weighted by Gasteiger charge is -2.45. The predicted octanol–water partition coefficient (Wildman–Crippen LogP) is 2.95. The summed E-state index contributed by atoms with van der Waals surface area (Å²) in [5.74, 6) is -1.96. The van der Waals surface area contributed by atoms with Crippen molar-refractivity contribution in [3.8, 4) is 0 Å². The molecular formula is C24H32NO5+. The van der Waals surface area contributed by atoms with Crippen LogP contribution in [-0.4, -0.2) is 67.0 Å². The Labute approximate surface area is 178 Å². The van der Waals surface area contributed by atoms with Crippen molar-refractivity contribution in [3.05, 3.63) is 35.9 Å². The van der Waals surface area contributed by atoms with E-state index in [0.717, 1.165) is 43.0 Å². The molecule has 30 heavy (non-hydrogen) atoms. The zero-order valence-corrected chi connectivity index (χ0v) is 17.9. The number of benzene rings is 1. The maximum Gasteiger partial charge on any atom is 0.325 e. The Kier molecular flexibility index (Phi) is 5.10. The van der Waals surface area contributed by atoms with Crippen LogP contribution in [0.15, 0.2) is 30.3 Å². The summed E-state index contributed by atoms with van der Waals surface area (Å²) in [4.78, 5) is 26.3. The number of esters is 2. The zero-order valence-electron chi connectivity index (χ0n) is 17.9. The largest absolute Gasteiger partial charge is 0.461 e. The number of hydrogen-bond acceptors (Lipinski definition) is 5. The van der Waals surface area contributed by atoms with E-state index in [9.17, 15) is 9.59 Å². The number of epoxide rings is 1. The van der Waals surface area contributed by atoms with Gasteiger partial charge in [-0.15, -0.1) is 0 Å². The fourth-order valence-electron chi connectivity index (χ4n) is 5.96. The molecule has 6 heteroatoms. The number of likely N-dealkylation sites (N-methyl/N-ethyl adjacent to an activating group) is 1. The maximum atomic E-state index is 13.2. The maximum absolute atomic E-state index is 13.2. The van der Waals surface area contributed by atoms with Crippen LogP contribution in [-0.2, 0) is 23.8 Å². The molecule has 4 aliphatic rings. The van der Waals surface area contributed by atoms with Gasteiger partial charge in [-0.25, -0.2) is 0 Å². The molecule has 2 bridgehead atoms. The van der Waals surface area contributed by atoms with E-state index >= 15 is 0 Å². The molecule has 1 saturated carbocycles. The summed E-state index contributed by atoms with van der Waals surface area (Å²) in [6.45, 7) is 0. The molecular weight excluding hydrogens is 382 g/mol. The molecule has 1 aliphatic carbocycles. The second-order valence-electron chi connectivity index (χ2n) is 9.90. The van der Waals surface area contributed by atoms with Crippen LogP contribution in [0.2, 0.25) is 0 Å². The van der Waals surface area contributed by atoms with Crippen molar-refractivity contribution < 1.29 is 28.3 Å². The number of ether oxygens (including phenoxy) is 3. The van der Waals surface area contributed by atoms with Gasteiger partial charge in [0.25, 0.3) is 0 Å². The zero-order chi connectivity index (χ0) is 20.9. The van der Waals surface area contributed by atoms with Crippen LogP contribution in [0.25, 0.3) is 0 Å². The molecule has 0 N–H and O–H groups in total. The third kappa shape index (κ3) is 3.54. The molecule has 0 spiro atoms. The smallest absolute Gasteiger partial charge is 0.325 e. The monoisotopic (exact) mass is 414 g/mol. The molecule has 4 fully saturated rings. The summed E-state index contributed by atoms with van der Waals surface area (Å²) in [6.07, 6.45) is 7.01. The summed E-state index contributed by atoms with van der Waals surface area (Å²) in [5.41, 5.74) is 0.643. The van der Waals surface area contributed by atoms with E-state index in [0.29, 0.717) is 29.9 Å². The number of nitrogens with zero attached hydrogens (tertiary/aromatic N) is 1. The summed E-state index contributed by atoms with van der Waals surface area (Å²) in [7, 11) is 4.49. The highest BCUT2D eigenvalue weighted by Gasteiger charge is 2.70. The van der Waals surface area contributed by atoms with E-state index in [1.54, 1.807) is 0 Å². The molecule has 0 aromatic heterocycles. The van der Waals surface area contributed by atoms with Crippen molar-refractivity contribution in [3.63, 3.8) is 0 Å². The molecule has 1 aromatic rings. The van der Waals surface area contributed by atoms with Crippen LogP contribution in [0.5, 0.6) is 0 Å². The van der Waals surface area contributed by atoms with Gasteiger partial charge in [0.2, 0.25) is 0 Å². The summed E-state index contributed by atoms with van der Waals surface area (Å²) < 4.78 is 18.5. The van der Waals surface area contributed by atoms with Crippen molar-refractivity contribution in [2.45, 2.75) is 87.4 Å². The standard InChI is InChI=1S/C24H32NO5/c1-25(2)18-13-17(14-19(25)22-21(18)30-22)29-24(27)20(15-9-5-3-6-10-15)23(26)28-16-11-7-4-8-12-16/h3,5-6,9-10,16-22H,4,7-8,11-14H2,1-2H3/q+1/t17?,18-,19+,20-,21-,22+/m1/s1. The fraction of sp³-hybridized carbons (Fsp3) is 0.667. The van der Waals surface area contributed by atoms with Crippen LogP contribution in [0.3, 0.4) is 0 Å². The number of fused-ring (bicyclic) bond motifs is 5. The molecule has 1 unspecified atom stereocenters. The Bertz CT molecular complexity index is 783. The first-order chi connectivity index (χ1) is 14.4. The van der Waals surface area contributed by atoms with Crippen LogP contribution in [0.1, 0.15) is 56.4 Å². The van der Waals surface area contributed by atoms with Crippen molar-refractivity contribution in [1.82, 2.24) is 0 Å². The van der Waals surface area contributed by atoms with Crippen LogP contribution in [0.4, 0.5) is 0 Å². The normalized spacial score (nSPS) is 35.2. The second kappa shape index (κ2) is 7.65. The van der Waals surface area contributed by atoms with Crippen molar-refractivity contribution in [2.75, 3.05) is 14.1 Å². The minimum absolute atomic E-state index is 0.0850. The minimum Gasteiger partial charge on any atom is -0.461 e. The van der Waals surface area contributed by atoms with E-state index in [4.69, 9.17) is 14.2 Å². The van der Waals surface area contributed by atoms with Crippen molar-refractivity contribution in [2.24, 2.45) is 0 Å². The lowest BCUT2D eigenvalue weighted by Crippen LogP contribution is -2.60. The van der Waals surface area contributed by atoms with Gasteiger partial charge in [-0.1, -0.05) is 36.8 Å². The Hall–Kier alpha value is -1.92. The van der Waals surface area contributed by atoms with E-state index in [1.165, 1.54) is 6.42 Å². The molecule has 1 aromatic carbocycles. The van der Waals surface area contributed by atoms with E-state index in [2.05, 4.69) is 14.1 Å². The molecule has 5 rings (SSSR count). The van der Waals surface area contributed by atoms with Gasteiger partial charge in [0.05, 0.1) is 14.1 Å². The molecule has 3 aliphatic heterocycles.